The highest BCUT2D eigenvalue weighted by Gasteiger charge is 2.32. The Hall–Kier alpha value is -2.15. The van der Waals surface area contributed by atoms with Gasteiger partial charge < -0.3 is 5.32 Å². The van der Waals surface area contributed by atoms with Gasteiger partial charge in [0, 0.05) is 6.04 Å². The molecule has 28 heavy (non-hydrogen) atoms. The lowest BCUT2D eigenvalue weighted by Crippen LogP contribution is -2.36. The molecular formula is C21H27N3O3S. The molecule has 2 fully saturated rings. The molecule has 150 valence electrons. The first-order chi connectivity index (χ1) is 13.4. The Labute approximate surface area is 166 Å². The van der Waals surface area contributed by atoms with Crippen LogP contribution in [-0.4, -0.2) is 41.7 Å². The number of aryl methyl sites for hydroxylation is 1. The highest BCUT2D eigenvalue weighted by molar-refractivity contribution is 7.91. The highest BCUT2D eigenvalue weighted by Crippen LogP contribution is 2.30. The van der Waals surface area contributed by atoms with Gasteiger partial charge in [0.25, 0.3) is 5.91 Å². The van der Waals surface area contributed by atoms with E-state index in [0.717, 1.165) is 42.5 Å². The Morgan fingerprint density at radius 3 is 2.46 bits per heavy atom. The van der Waals surface area contributed by atoms with E-state index in [-0.39, 0.29) is 29.5 Å². The quantitative estimate of drug-likeness (QED) is 0.852. The Balaban J connectivity index is 1.65. The summed E-state index contributed by atoms with van der Waals surface area (Å²) in [4.78, 5) is 12.8. The van der Waals surface area contributed by atoms with E-state index in [1.165, 1.54) is 6.42 Å². The van der Waals surface area contributed by atoms with Gasteiger partial charge in [-0.15, -0.1) is 0 Å². The smallest absolute Gasteiger partial charge is 0.272 e. The van der Waals surface area contributed by atoms with Crippen molar-refractivity contribution < 1.29 is 13.2 Å². The molecule has 1 saturated heterocycles. The van der Waals surface area contributed by atoms with Crippen LogP contribution in [0.5, 0.6) is 0 Å². The molecule has 1 saturated carbocycles. The number of benzene rings is 1. The second kappa shape index (κ2) is 7.70. The van der Waals surface area contributed by atoms with Crippen molar-refractivity contribution in [3.05, 3.63) is 41.6 Å². The van der Waals surface area contributed by atoms with E-state index in [1.54, 1.807) is 10.7 Å². The van der Waals surface area contributed by atoms with Gasteiger partial charge in [0.2, 0.25) is 0 Å². The topological polar surface area (TPSA) is 81.1 Å². The van der Waals surface area contributed by atoms with Gasteiger partial charge >= 0.3 is 0 Å². The molecule has 1 aliphatic heterocycles. The zero-order valence-electron chi connectivity index (χ0n) is 16.2. The molecule has 1 amide bonds. The molecular weight excluding hydrogens is 374 g/mol. The van der Waals surface area contributed by atoms with E-state index >= 15 is 0 Å². The molecule has 2 aliphatic rings. The fourth-order valence-electron chi connectivity index (χ4n) is 4.20. The molecule has 4 rings (SSSR count). The van der Waals surface area contributed by atoms with Crippen molar-refractivity contribution in [2.75, 3.05) is 11.5 Å². The van der Waals surface area contributed by atoms with E-state index in [1.807, 2.05) is 31.2 Å². The molecule has 1 atom stereocenters. The third-order valence-corrected chi connectivity index (χ3v) is 7.56. The van der Waals surface area contributed by atoms with Gasteiger partial charge in [-0.05, 0) is 37.8 Å². The number of aromatic nitrogens is 2. The van der Waals surface area contributed by atoms with Crippen molar-refractivity contribution in [1.29, 1.82) is 0 Å². The number of hydrogen-bond acceptors (Lipinski definition) is 4. The molecule has 0 bridgehead atoms. The Bertz CT molecular complexity index is 957. The first-order valence-electron chi connectivity index (χ1n) is 10.1. The van der Waals surface area contributed by atoms with Gasteiger partial charge in [0.05, 0.1) is 23.2 Å². The van der Waals surface area contributed by atoms with Gasteiger partial charge in [-0.1, -0.05) is 49.1 Å². The van der Waals surface area contributed by atoms with Crippen LogP contribution in [0.25, 0.3) is 11.3 Å². The Morgan fingerprint density at radius 2 is 1.82 bits per heavy atom. The summed E-state index contributed by atoms with van der Waals surface area (Å²) < 4.78 is 25.7. The predicted octanol–water partition coefficient (Wildman–Crippen LogP) is 3.28. The predicted molar refractivity (Wildman–Crippen MR) is 109 cm³/mol. The number of sulfone groups is 1. The molecule has 1 aliphatic carbocycles. The van der Waals surface area contributed by atoms with Crippen LogP contribution in [0, 0.1) is 6.92 Å². The van der Waals surface area contributed by atoms with E-state index in [0.29, 0.717) is 12.1 Å². The SMILES string of the molecule is Cc1ccc(-c2cc(C(=O)NC3CCCCC3)nn2[C@@H]2CCS(=O)(=O)C2)cc1. The molecule has 2 heterocycles. The highest BCUT2D eigenvalue weighted by atomic mass is 32.2. The van der Waals surface area contributed by atoms with Crippen molar-refractivity contribution in [2.45, 2.75) is 57.5 Å². The van der Waals surface area contributed by atoms with Crippen LogP contribution in [0.4, 0.5) is 0 Å². The lowest BCUT2D eigenvalue weighted by molar-refractivity contribution is 0.0921. The van der Waals surface area contributed by atoms with E-state index in [9.17, 15) is 13.2 Å². The maximum absolute atomic E-state index is 12.8. The van der Waals surface area contributed by atoms with Gasteiger partial charge in [-0.3, -0.25) is 9.48 Å². The number of carbonyl (C=O) groups excluding carboxylic acids is 1. The standard InChI is InChI=1S/C21H27N3O3S/c1-15-7-9-16(10-8-15)20-13-19(21(25)22-17-5-3-2-4-6-17)23-24(20)18-11-12-28(26,27)14-18/h7-10,13,17-18H,2-6,11-12,14H2,1H3,(H,22,25)/t18-/m1/s1. The number of nitrogens with zero attached hydrogens (tertiary/aromatic N) is 2. The van der Waals surface area contributed by atoms with E-state index < -0.39 is 9.84 Å². The number of rotatable bonds is 4. The number of carbonyl (C=O) groups is 1. The van der Waals surface area contributed by atoms with Crippen molar-refractivity contribution in [2.24, 2.45) is 0 Å². The van der Waals surface area contributed by atoms with E-state index in [4.69, 9.17) is 0 Å². The maximum Gasteiger partial charge on any atom is 0.272 e. The van der Waals surface area contributed by atoms with Crippen LogP contribution in [0.3, 0.4) is 0 Å². The Morgan fingerprint density at radius 1 is 1.11 bits per heavy atom. The van der Waals surface area contributed by atoms with Gasteiger partial charge in [0.1, 0.15) is 0 Å². The summed E-state index contributed by atoms with van der Waals surface area (Å²) >= 11 is 0. The summed E-state index contributed by atoms with van der Waals surface area (Å²) in [6, 6.07) is 9.80. The second-order valence-corrected chi connectivity index (χ2v) is 10.3. The lowest BCUT2D eigenvalue weighted by atomic mass is 9.95. The van der Waals surface area contributed by atoms with Crippen molar-refractivity contribution >= 4 is 15.7 Å². The largest absolute Gasteiger partial charge is 0.348 e. The van der Waals surface area contributed by atoms with E-state index in [2.05, 4.69) is 10.4 Å². The maximum atomic E-state index is 12.8. The lowest BCUT2D eigenvalue weighted by Gasteiger charge is -2.22. The summed E-state index contributed by atoms with van der Waals surface area (Å²) in [5.74, 6) is 0.0889. The fraction of sp³-hybridized carbons (Fsp3) is 0.524. The number of amides is 1. The van der Waals surface area contributed by atoms with Gasteiger partial charge in [-0.25, -0.2) is 8.42 Å². The summed E-state index contributed by atoms with van der Waals surface area (Å²) in [5.41, 5.74) is 3.26. The summed E-state index contributed by atoms with van der Waals surface area (Å²) in [6.07, 6.45) is 6.08. The Kier molecular flexibility index (Phi) is 5.27. The van der Waals surface area contributed by atoms with Crippen LogP contribution in [0.2, 0.25) is 0 Å². The fourth-order valence-corrected chi connectivity index (χ4v) is 5.89. The first-order valence-corrected chi connectivity index (χ1v) is 11.9. The monoisotopic (exact) mass is 401 g/mol. The molecule has 0 unspecified atom stereocenters. The average molecular weight is 402 g/mol. The number of nitrogens with one attached hydrogen (secondary N) is 1. The first kappa shape index (κ1) is 19.2. The minimum Gasteiger partial charge on any atom is -0.348 e. The molecule has 1 N–H and O–H groups in total. The van der Waals surface area contributed by atoms with Crippen LogP contribution in [0.1, 0.15) is 60.6 Å². The average Bonchev–Trinajstić information content (AvgIpc) is 3.27. The van der Waals surface area contributed by atoms with Crippen LogP contribution in [0.15, 0.2) is 30.3 Å². The normalized spacial score (nSPS) is 22.2. The molecule has 6 nitrogen and oxygen atoms in total. The molecule has 1 aromatic carbocycles. The minimum absolute atomic E-state index is 0.0806. The number of hydrogen-bond donors (Lipinski definition) is 1. The minimum atomic E-state index is -3.04. The van der Waals surface area contributed by atoms with Crippen LogP contribution in [-0.2, 0) is 9.84 Å². The van der Waals surface area contributed by atoms with Gasteiger partial charge in [-0.2, -0.15) is 5.10 Å². The molecule has 0 spiro atoms. The van der Waals surface area contributed by atoms with Crippen molar-refractivity contribution in [3.8, 4) is 11.3 Å². The summed E-state index contributed by atoms with van der Waals surface area (Å²) in [5, 5.41) is 7.67. The molecule has 7 heteroatoms. The third-order valence-electron chi connectivity index (χ3n) is 5.81. The molecule has 1 aromatic heterocycles. The summed E-state index contributed by atoms with van der Waals surface area (Å²) in [7, 11) is -3.04. The summed E-state index contributed by atoms with van der Waals surface area (Å²) in [6.45, 7) is 2.02. The second-order valence-electron chi connectivity index (χ2n) is 8.09. The molecule has 2 aromatic rings. The van der Waals surface area contributed by atoms with Crippen molar-refractivity contribution in [1.82, 2.24) is 15.1 Å². The van der Waals surface area contributed by atoms with Crippen LogP contribution < -0.4 is 5.32 Å². The van der Waals surface area contributed by atoms with Crippen molar-refractivity contribution in [3.63, 3.8) is 0 Å². The zero-order chi connectivity index (χ0) is 19.7. The van der Waals surface area contributed by atoms with Crippen LogP contribution >= 0.6 is 0 Å². The molecule has 0 radical (unpaired) electrons. The third kappa shape index (κ3) is 4.14. The zero-order valence-corrected chi connectivity index (χ0v) is 17.0. The van der Waals surface area contributed by atoms with Gasteiger partial charge in [0.15, 0.2) is 15.5 Å².